The van der Waals surface area contributed by atoms with Crippen LogP contribution < -0.4 is 11.5 Å². The van der Waals surface area contributed by atoms with Crippen molar-refractivity contribution in [2.75, 3.05) is 0 Å². The lowest BCUT2D eigenvalue weighted by Gasteiger charge is -2.21. The first-order chi connectivity index (χ1) is 8.00. The summed E-state index contributed by atoms with van der Waals surface area (Å²) in [6, 6.07) is 3.93. The quantitative estimate of drug-likeness (QED) is 0.842. The van der Waals surface area contributed by atoms with E-state index in [1.807, 2.05) is 22.1 Å². The van der Waals surface area contributed by atoms with Gasteiger partial charge in [-0.1, -0.05) is 6.07 Å². The number of carbonyl (C=O) groups excluding carboxylic acids is 1. The largest absolute Gasteiger partial charge is 0.368 e. The lowest BCUT2D eigenvalue weighted by molar-refractivity contribution is -0.123. The van der Waals surface area contributed by atoms with E-state index in [2.05, 4.69) is 4.98 Å². The van der Waals surface area contributed by atoms with Crippen LogP contribution in [0, 0.1) is 0 Å². The molecule has 4 N–H and O–H groups in total. The molecular formula is C11H14N4OS. The van der Waals surface area contributed by atoms with Crippen molar-refractivity contribution in [3.05, 3.63) is 29.9 Å². The molecule has 0 aliphatic heterocycles. The molecule has 1 amide bonds. The molecule has 2 aromatic rings. The summed E-state index contributed by atoms with van der Waals surface area (Å²) in [6.45, 7) is 1.93. The summed E-state index contributed by atoms with van der Waals surface area (Å²) in [7, 11) is 0. The van der Waals surface area contributed by atoms with Gasteiger partial charge in [0.1, 0.15) is 11.4 Å². The minimum Gasteiger partial charge on any atom is -0.368 e. The Labute approximate surface area is 103 Å². The van der Waals surface area contributed by atoms with Gasteiger partial charge in [-0.15, -0.1) is 11.3 Å². The zero-order valence-corrected chi connectivity index (χ0v) is 10.3. The van der Waals surface area contributed by atoms with Crippen molar-refractivity contribution in [3.63, 3.8) is 0 Å². The number of amides is 1. The smallest absolute Gasteiger partial charge is 0.239 e. The number of hydrogen-bond donors (Lipinski definition) is 2. The second kappa shape index (κ2) is 4.31. The Morgan fingerprint density at radius 3 is 3.00 bits per heavy atom. The molecule has 1 unspecified atom stereocenters. The fraction of sp³-hybridized carbons (Fsp3) is 0.273. The van der Waals surface area contributed by atoms with Crippen LogP contribution in [0.15, 0.2) is 29.9 Å². The van der Waals surface area contributed by atoms with Gasteiger partial charge in [0.15, 0.2) is 0 Å². The minimum atomic E-state index is -1.08. The van der Waals surface area contributed by atoms with Crippen molar-refractivity contribution in [1.82, 2.24) is 9.55 Å². The van der Waals surface area contributed by atoms with E-state index < -0.39 is 11.4 Å². The van der Waals surface area contributed by atoms with E-state index in [0.717, 1.165) is 10.7 Å². The summed E-state index contributed by atoms with van der Waals surface area (Å²) in [6.07, 6.45) is 3.48. The van der Waals surface area contributed by atoms with Gasteiger partial charge in [0, 0.05) is 12.4 Å². The molecule has 0 bridgehead atoms. The second-order valence-electron chi connectivity index (χ2n) is 4.14. The van der Waals surface area contributed by atoms with Crippen molar-refractivity contribution < 1.29 is 4.79 Å². The average molecular weight is 250 g/mol. The van der Waals surface area contributed by atoms with Gasteiger partial charge in [-0.3, -0.25) is 4.79 Å². The Kier molecular flexibility index (Phi) is 2.99. The van der Waals surface area contributed by atoms with E-state index in [4.69, 9.17) is 11.5 Å². The number of aromatic nitrogens is 2. The highest BCUT2D eigenvalue weighted by Gasteiger charge is 2.27. The van der Waals surface area contributed by atoms with Gasteiger partial charge in [0.05, 0.1) is 11.4 Å². The highest BCUT2D eigenvalue weighted by atomic mass is 32.1. The number of carbonyl (C=O) groups is 1. The molecule has 0 radical (unpaired) electrons. The molecule has 0 aliphatic carbocycles. The first-order valence-corrected chi connectivity index (χ1v) is 6.02. The van der Waals surface area contributed by atoms with Crippen LogP contribution in [0.1, 0.15) is 6.92 Å². The van der Waals surface area contributed by atoms with E-state index in [-0.39, 0.29) is 0 Å². The average Bonchev–Trinajstić information content (AvgIpc) is 2.85. The summed E-state index contributed by atoms with van der Waals surface area (Å²) in [5.74, 6) is 0.279. The third-order valence-electron chi connectivity index (χ3n) is 2.52. The van der Waals surface area contributed by atoms with E-state index >= 15 is 0 Å². The molecule has 1 atom stereocenters. The van der Waals surface area contributed by atoms with Crippen LogP contribution in [-0.4, -0.2) is 21.0 Å². The summed E-state index contributed by atoms with van der Waals surface area (Å²) < 4.78 is 1.84. The highest BCUT2D eigenvalue weighted by molar-refractivity contribution is 7.13. The Hall–Kier alpha value is -1.66. The van der Waals surface area contributed by atoms with Crippen molar-refractivity contribution >= 4 is 17.2 Å². The lowest BCUT2D eigenvalue weighted by atomic mass is 10.0. The molecule has 0 fully saturated rings. The summed E-state index contributed by atoms with van der Waals surface area (Å²) in [4.78, 5) is 16.5. The SMILES string of the molecule is CC(N)(Cn1ccnc1-c1cccs1)C(N)=O. The summed E-state index contributed by atoms with van der Waals surface area (Å²) in [5, 5.41) is 1.98. The molecule has 0 aromatic carbocycles. The molecule has 2 heterocycles. The van der Waals surface area contributed by atoms with Gasteiger partial charge in [0.2, 0.25) is 5.91 Å². The van der Waals surface area contributed by atoms with Crippen LogP contribution in [0.25, 0.3) is 10.7 Å². The van der Waals surface area contributed by atoms with Crippen LogP contribution in [0.5, 0.6) is 0 Å². The molecule has 0 spiro atoms. The monoisotopic (exact) mass is 250 g/mol. The van der Waals surface area contributed by atoms with E-state index in [0.29, 0.717) is 6.54 Å². The topological polar surface area (TPSA) is 86.9 Å². The maximum atomic E-state index is 11.2. The second-order valence-corrected chi connectivity index (χ2v) is 5.09. The number of primary amides is 1. The van der Waals surface area contributed by atoms with Gasteiger partial charge in [-0.25, -0.2) is 4.98 Å². The molecule has 2 rings (SSSR count). The van der Waals surface area contributed by atoms with Crippen LogP contribution in [-0.2, 0) is 11.3 Å². The normalized spacial score (nSPS) is 14.5. The van der Waals surface area contributed by atoms with Gasteiger partial charge in [0.25, 0.3) is 0 Å². The molecule has 0 aliphatic rings. The fourth-order valence-corrected chi connectivity index (χ4v) is 2.24. The minimum absolute atomic E-state index is 0.315. The Morgan fingerprint density at radius 2 is 2.41 bits per heavy atom. The number of nitrogens with two attached hydrogens (primary N) is 2. The summed E-state index contributed by atoms with van der Waals surface area (Å²) in [5.41, 5.74) is 10.0. The molecule has 0 saturated carbocycles. The molecule has 2 aromatic heterocycles. The third kappa shape index (κ3) is 2.37. The molecule has 5 nitrogen and oxygen atoms in total. The van der Waals surface area contributed by atoms with E-state index in [9.17, 15) is 4.79 Å². The number of hydrogen-bond acceptors (Lipinski definition) is 4. The first kappa shape index (κ1) is 11.8. The number of thiophene rings is 1. The Morgan fingerprint density at radius 1 is 1.65 bits per heavy atom. The van der Waals surface area contributed by atoms with Crippen LogP contribution in [0.4, 0.5) is 0 Å². The predicted octanol–water partition coefficient (Wildman–Crippen LogP) is 0.814. The highest BCUT2D eigenvalue weighted by Crippen LogP contribution is 2.23. The van der Waals surface area contributed by atoms with Gasteiger partial charge >= 0.3 is 0 Å². The van der Waals surface area contributed by atoms with Crippen molar-refractivity contribution in [2.45, 2.75) is 19.0 Å². The van der Waals surface area contributed by atoms with Gasteiger partial charge in [-0.05, 0) is 18.4 Å². The third-order valence-corrected chi connectivity index (χ3v) is 3.38. The number of rotatable bonds is 4. The van der Waals surface area contributed by atoms with Crippen LogP contribution in [0.3, 0.4) is 0 Å². The first-order valence-electron chi connectivity index (χ1n) is 5.14. The van der Waals surface area contributed by atoms with Gasteiger partial charge < -0.3 is 16.0 Å². The van der Waals surface area contributed by atoms with Gasteiger partial charge in [-0.2, -0.15) is 0 Å². The van der Waals surface area contributed by atoms with Crippen molar-refractivity contribution in [3.8, 4) is 10.7 Å². The molecule has 17 heavy (non-hydrogen) atoms. The molecule has 90 valence electrons. The lowest BCUT2D eigenvalue weighted by Crippen LogP contribution is -2.52. The maximum Gasteiger partial charge on any atom is 0.239 e. The summed E-state index contributed by atoms with van der Waals surface area (Å²) >= 11 is 1.59. The predicted molar refractivity (Wildman–Crippen MR) is 67.3 cm³/mol. The fourth-order valence-electron chi connectivity index (χ4n) is 1.50. The zero-order valence-electron chi connectivity index (χ0n) is 9.46. The standard InChI is InChI=1S/C11H14N4OS/c1-11(13,10(12)16)7-15-5-4-14-9(15)8-3-2-6-17-8/h2-6H,7,13H2,1H3,(H2,12,16). The van der Waals surface area contributed by atoms with E-state index in [1.54, 1.807) is 30.7 Å². The number of imidazole rings is 1. The molecule has 0 saturated heterocycles. The Bertz CT molecular complexity index is 515. The van der Waals surface area contributed by atoms with E-state index in [1.165, 1.54) is 0 Å². The van der Waals surface area contributed by atoms with Crippen LogP contribution >= 0.6 is 11.3 Å². The zero-order chi connectivity index (χ0) is 12.5. The molecule has 6 heteroatoms. The van der Waals surface area contributed by atoms with Crippen LogP contribution in [0.2, 0.25) is 0 Å². The molecular weight excluding hydrogens is 236 g/mol. The number of nitrogens with zero attached hydrogens (tertiary/aromatic N) is 2. The van der Waals surface area contributed by atoms with Crippen molar-refractivity contribution in [2.24, 2.45) is 11.5 Å². The maximum absolute atomic E-state index is 11.2. The Balaban J connectivity index is 2.30. The van der Waals surface area contributed by atoms with Crippen molar-refractivity contribution in [1.29, 1.82) is 0 Å².